The molecule has 0 N–H and O–H groups in total. The molecule has 19 heavy (non-hydrogen) atoms. The monoisotopic (exact) mass is 269 g/mol. The van der Waals surface area contributed by atoms with E-state index in [1.807, 2.05) is 25.7 Å². The van der Waals surface area contributed by atoms with Crippen molar-refractivity contribution in [2.45, 2.75) is 46.1 Å². The number of carbonyl (C=O) groups excluding carboxylic acids is 1. The van der Waals surface area contributed by atoms with Gasteiger partial charge in [-0.05, 0) is 13.0 Å². The first-order valence-corrected chi connectivity index (χ1v) is 6.48. The zero-order chi connectivity index (χ0) is 14.5. The van der Waals surface area contributed by atoms with E-state index in [0.717, 1.165) is 13.0 Å². The number of ether oxygens (including phenoxy) is 1. The summed E-state index contributed by atoms with van der Waals surface area (Å²) in [6.07, 6.45) is 0.942. The summed E-state index contributed by atoms with van der Waals surface area (Å²) in [5.74, 6) is 0.878. The first-order chi connectivity index (χ1) is 8.86. The van der Waals surface area contributed by atoms with Gasteiger partial charge in [-0.3, -0.25) is 9.69 Å². The van der Waals surface area contributed by atoms with E-state index in [2.05, 4.69) is 21.9 Å². The Hall–Kier alpha value is -1.43. The molecule has 6 nitrogen and oxygen atoms in total. The van der Waals surface area contributed by atoms with Gasteiger partial charge in [-0.1, -0.05) is 27.7 Å². The highest BCUT2D eigenvalue weighted by Gasteiger charge is 2.22. The quantitative estimate of drug-likeness (QED) is 0.733. The normalized spacial score (nSPS) is 11.9. The molecule has 1 aromatic rings. The summed E-state index contributed by atoms with van der Waals surface area (Å²) < 4.78 is 10.3. The third-order valence-electron chi connectivity index (χ3n) is 2.59. The van der Waals surface area contributed by atoms with Crippen LogP contribution in [0.3, 0.4) is 0 Å². The maximum absolute atomic E-state index is 11.3. The zero-order valence-electron chi connectivity index (χ0n) is 12.4. The number of aromatic nitrogens is 2. The van der Waals surface area contributed by atoms with Crippen LogP contribution in [0.5, 0.6) is 0 Å². The second-order valence-corrected chi connectivity index (χ2v) is 5.54. The molecular weight excluding hydrogens is 246 g/mol. The Labute approximate surface area is 114 Å². The number of rotatable bonds is 6. The Kier molecular flexibility index (Phi) is 5.47. The van der Waals surface area contributed by atoms with E-state index in [1.165, 1.54) is 7.11 Å². The average Bonchev–Trinajstić information content (AvgIpc) is 2.77. The van der Waals surface area contributed by atoms with Crippen molar-refractivity contribution in [1.29, 1.82) is 0 Å². The molecule has 108 valence electrons. The molecular formula is C13H23N3O3. The van der Waals surface area contributed by atoms with Crippen LogP contribution in [0, 0.1) is 0 Å². The summed E-state index contributed by atoms with van der Waals surface area (Å²) in [5.41, 5.74) is -0.164. The van der Waals surface area contributed by atoms with Crippen LogP contribution in [-0.2, 0) is 21.5 Å². The number of nitrogens with zero attached hydrogens (tertiary/aromatic N) is 3. The lowest BCUT2D eigenvalue weighted by Gasteiger charge is -2.18. The lowest BCUT2D eigenvalue weighted by Crippen LogP contribution is -2.31. The van der Waals surface area contributed by atoms with E-state index in [4.69, 9.17) is 4.42 Å². The standard InChI is InChI=1S/C13H23N3O3/c1-6-7-16(9-11(17)18-5)8-10-14-15-12(19-10)13(2,3)4/h6-9H2,1-5H3. The molecule has 0 bridgehead atoms. The van der Waals surface area contributed by atoms with Gasteiger partial charge in [0.15, 0.2) is 0 Å². The van der Waals surface area contributed by atoms with Crippen LogP contribution in [0.4, 0.5) is 0 Å². The molecule has 1 heterocycles. The Balaban J connectivity index is 2.68. The second kappa shape index (κ2) is 6.65. The molecule has 0 unspecified atom stereocenters. The maximum atomic E-state index is 11.3. The van der Waals surface area contributed by atoms with Gasteiger partial charge >= 0.3 is 5.97 Å². The summed E-state index contributed by atoms with van der Waals surface area (Å²) in [7, 11) is 1.39. The van der Waals surface area contributed by atoms with Crippen molar-refractivity contribution < 1.29 is 13.9 Å². The van der Waals surface area contributed by atoms with Crippen LogP contribution < -0.4 is 0 Å². The van der Waals surface area contributed by atoms with Crippen LogP contribution in [0.25, 0.3) is 0 Å². The fourth-order valence-corrected chi connectivity index (χ4v) is 1.59. The SMILES string of the molecule is CCCN(CC(=O)OC)Cc1nnc(C(C)(C)C)o1. The third kappa shape index (κ3) is 4.98. The third-order valence-corrected chi connectivity index (χ3v) is 2.59. The molecule has 0 fully saturated rings. The highest BCUT2D eigenvalue weighted by molar-refractivity contribution is 5.71. The van der Waals surface area contributed by atoms with Crippen LogP contribution in [0.2, 0.25) is 0 Å². The van der Waals surface area contributed by atoms with Crippen molar-refractivity contribution in [3.8, 4) is 0 Å². The fourth-order valence-electron chi connectivity index (χ4n) is 1.59. The molecule has 1 aromatic heterocycles. The largest absolute Gasteiger partial charge is 0.468 e. The summed E-state index contributed by atoms with van der Waals surface area (Å²) in [6, 6.07) is 0. The summed E-state index contributed by atoms with van der Waals surface area (Å²) in [6.45, 7) is 9.58. The van der Waals surface area contributed by atoms with Crippen molar-refractivity contribution >= 4 is 5.97 Å². The first-order valence-electron chi connectivity index (χ1n) is 6.48. The van der Waals surface area contributed by atoms with E-state index >= 15 is 0 Å². The predicted molar refractivity (Wildman–Crippen MR) is 70.6 cm³/mol. The first kappa shape index (κ1) is 15.6. The smallest absolute Gasteiger partial charge is 0.319 e. The fraction of sp³-hybridized carbons (Fsp3) is 0.769. The minimum Gasteiger partial charge on any atom is -0.468 e. The van der Waals surface area contributed by atoms with Gasteiger partial charge in [-0.15, -0.1) is 10.2 Å². The minimum absolute atomic E-state index is 0.164. The van der Waals surface area contributed by atoms with Crippen molar-refractivity contribution in [2.75, 3.05) is 20.2 Å². The summed E-state index contributed by atoms with van der Waals surface area (Å²) in [5, 5.41) is 8.07. The van der Waals surface area contributed by atoms with Gasteiger partial charge in [0.05, 0.1) is 20.2 Å². The van der Waals surface area contributed by atoms with Crippen molar-refractivity contribution in [2.24, 2.45) is 0 Å². The van der Waals surface area contributed by atoms with E-state index in [1.54, 1.807) is 0 Å². The Bertz CT molecular complexity index is 410. The van der Waals surface area contributed by atoms with E-state index < -0.39 is 0 Å². The highest BCUT2D eigenvalue weighted by atomic mass is 16.5. The molecule has 0 radical (unpaired) electrons. The Morgan fingerprint density at radius 3 is 2.53 bits per heavy atom. The molecule has 0 saturated heterocycles. The number of hydrogen-bond donors (Lipinski definition) is 0. The van der Waals surface area contributed by atoms with Crippen LogP contribution in [0.15, 0.2) is 4.42 Å². The highest BCUT2D eigenvalue weighted by Crippen LogP contribution is 2.20. The van der Waals surface area contributed by atoms with Gasteiger partial charge in [-0.25, -0.2) is 0 Å². The van der Waals surface area contributed by atoms with E-state index in [9.17, 15) is 4.79 Å². The zero-order valence-corrected chi connectivity index (χ0v) is 12.4. The predicted octanol–water partition coefficient (Wildman–Crippen LogP) is 1.75. The number of esters is 1. The molecule has 0 aromatic carbocycles. The van der Waals surface area contributed by atoms with Gasteiger partial charge in [0.2, 0.25) is 11.8 Å². The van der Waals surface area contributed by atoms with Gasteiger partial charge in [-0.2, -0.15) is 0 Å². The van der Waals surface area contributed by atoms with Crippen LogP contribution in [0.1, 0.15) is 45.9 Å². The lowest BCUT2D eigenvalue weighted by molar-refractivity contribution is -0.142. The molecule has 1 rings (SSSR count). The number of carbonyl (C=O) groups is 1. The van der Waals surface area contributed by atoms with Crippen molar-refractivity contribution in [3.63, 3.8) is 0 Å². The van der Waals surface area contributed by atoms with Gasteiger partial charge in [0.25, 0.3) is 0 Å². The molecule has 0 atom stereocenters. The molecule has 0 spiro atoms. The Morgan fingerprint density at radius 1 is 1.37 bits per heavy atom. The molecule has 0 amide bonds. The maximum Gasteiger partial charge on any atom is 0.319 e. The van der Waals surface area contributed by atoms with Crippen LogP contribution in [-0.4, -0.2) is 41.3 Å². The summed E-state index contributed by atoms with van der Waals surface area (Å²) >= 11 is 0. The molecule has 0 aliphatic carbocycles. The Morgan fingerprint density at radius 2 is 2.05 bits per heavy atom. The van der Waals surface area contributed by atoms with Crippen molar-refractivity contribution in [3.05, 3.63) is 11.8 Å². The van der Waals surface area contributed by atoms with Crippen molar-refractivity contribution in [1.82, 2.24) is 15.1 Å². The van der Waals surface area contributed by atoms with Gasteiger partial charge in [0.1, 0.15) is 0 Å². The van der Waals surface area contributed by atoms with Crippen LogP contribution >= 0.6 is 0 Å². The lowest BCUT2D eigenvalue weighted by atomic mass is 9.97. The molecule has 0 saturated carbocycles. The molecule has 6 heteroatoms. The second-order valence-electron chi connectivity index (χ2n) is 5.54. The van der Waals surface area contributed by atoms with Gasteiger partial charge in [0, 0.05) is 5.41 Å². The van der Waals surface area contributed by atoms with E-state index in [-0.39, 0.29) is 17.9 Å². The number of methoxy groups -OCH3 is 1. The van der Waals surface area contributed by atoms with Gasteiger partial charge < -0.3 is 9.15 Å². The topological polar surface area (TPSA) is 68.5 Å². The number of hydrogen-bond acceptors (Lipinski definition) is 6. The minimum atomic E-state index is -0.260. The average molecular weight is 269 g/mol. The van der Waals surface area contributed by atoms with E-state index in [0.29, 0.717) is 18.3 Å². The summed E-state index contributed by atoms with van der Waals surface area (Å²) in [4.78, 5) is 13.3. The molecule has 0 aliphatic heterocycles. The molecule has 0 aliphatic rings.